The highest BCUT2D eigenvalue weighted by Crippen LogP contribution is 2.34. The summed E-state index contributed by atoms with van der Waals surface area (Å²) in [6, 6.07) is 17.1. The van der Waals surface area contributed by atoms with Gasteiger partial charge in [-0.1, -0.05) is 24.8 Å². The van der Waals surface area contributed by atoms with Crippen molar-refractivity contribution in [2.75, 3.05) is 5.32 Å². The van der Waals surface area contributed by atoms with Crippen molar-refractivity contribution in [1.82, 2.24) is 10.6 Å². The number of furan rings is 1. The second kappa shape index (κ2) is 7.63. The topological polar surface area (TPSA) is 83.4 Å². The van der Waals surface area contributed by atoms with E-state index < -0.39 is 18.0 Å². The summed E-state index contributed by atoms with van der Waals surface area (Å²) in [5.74, 6) is -0.576. The molecule has 0 bridgehead atoms. The minimum Gasteiger partial charge on any atom is -0.459 e. The number of para-hydroxylation sites is 1. The number of amides is 3. The molecule has 0 unspecified atom stereocenters. The molecule has 146 valence electrons. The van der Waals surface area contributed by atoms with Gasteiger partial charge in [-0.05, 0) is 48.5 Å². The molecule has 0 radical (unpaired) electrons. The van der Waals surface area contributed by atoms with Gasteiger partial charge in [0.15, 0.2) is 0 Å². The largest absolute Gasteiger partial charge is 0.459 e. The van der Waals surface area contributed by atoms with Gasteiger partial charge in [-0.2, -0.15) is 0 Å². The van der Waals surface area contributed by atoms with E-state index in [4.69, 9.17) is 4.42 Å². The molecule has 0 aliphatic carbocycles. The summed E-state index contributed by atoms with van der Waals surface area (Å²) in [4.78, 5) is 24.9. The average molecular weight is 391 g/mol. The van der Waals surface area contributed by atoms with Crippen molar-refractivity contribution in [3.05, 3.63) is 90.6 Å². The monoisotopic (exact) mass is 391 g/mol. The molecule has 2 heterocycles. The maximum atomic E-state index is 13.2. The summed E-state index contributed by atoms with van der Waals surface area (Å²) < 4.78 is 19.1. The van der Waals surface area contributed by atoms with Crippen molar-refractivity contribution in [3.63, 3.8) is 0 Å². The molecule has 0 saturated carbocycles. The van der Waals surface area contributed by atoms with Crippen molar-refractivity contribution < 1.29 is 18.4 Å². The number of halogens is 1. The standard InChI is InChI=1S/C22H18FN3O3/c1-13-19(21(27)25-16-5-3-2-4-6-16)20(26-22(28)24-13)18-12-11-17(29-18)14-7-9-15(23)10-8-14/h2-12,19-20H,1H2,(H,25,27)(H2,24,26,28)/t19-,20+/m0/s1. The van der Waals surface area contributed by atoms with E-state index in [2.05, 4.69) is 22.5 Å². The molecule has 6 nitrogen and oxygen atoms in total. The maximum absolute atomic E-state index is 13.2. The molecule has 1 fully saturated rings. The molecule has 7 heteroatoms. The van der Waals surface area contributed by atoms with E-state index >= 15 is 0 Å². The summed E-state index contributed by atoms with van der Waals surface area (Å²) in [5.41, 5.74) is 1.58. The van der Waals surface area contributed by atoms with Crippen LogP contribution in [-0.4, -0.2) is 11.9 Å². The van der Waals surface area contributed by atoms with Crippen molar-refractivity contribution in [3.8, 4) is 11.3 Å². The van der Waals surface area contributed by atoms with Crippen LogP contribution in [-0.2, 0) is 4.79 Å². The molecule has 3 N–H and O–H groups in total. The average Bonchev–Trinajstić information content (AvgIpc) is 3.18. The molecule has 4 rings (SSSR count). The lowest BCUT2D eigenvalue weighted by Gasteiger charge is -2.32. The van der Waals surface area contributed by atoms with E-state index in [0.717, 1.165) is 0 Å². The molecule has 3 aromatic rings. The van der Waals surface area contributed by atoms with Gasteiger partial charge >= 0.3 is 6.03 Å². The smallest absolute Gasteiger partial charge is 0.319 e. The molecular formula is C22H18FN3O3. The lowest BCUT2D eigenvalue weighted by Crippen LogP contribution is -2.51. The zero-order valence-electron chi connectivity index (χ0n) is 15.3. The number of hydrogen-bond donors (Lipinski definition) is 3. The summed E-state index contributed by atoms with van der Waals surface area (Å²) in [6.07, 6.45) is 0. The predicted octanol–water partition coefficient (Wildman–Crippen LogP) is 4.21. The Labute approximate surface area is 166 Å². The van der Waals surface area contributed by atoms with Crippen LogP contribution in [0.5, 0.6) is 0 Å². The number of nitrogens with one attached hydrogen (secondary N) is 3. The number of benzene rings is 2. The zero-order chi connectivity index (χ0) is 20.4. The van der Waals surface area contributed by atoms with Crippen LogP contribution in [0.25, 0.3) is 11.3 Å². The van der Waals surface area contributed by atoms with Crippen LogP contribution < -0.4 is 16.0 Å². The number of carbonyl (C=O) groups excluding carboxylic acids is 2. The highest BCUT2D eigenvalue weighted by molar-refractivity contribution is 5.96. The zero-order valence-corrected chi connectivity index (χ0v) is 15.3. The van der Waals surface area contributed by atoms with Gasteiger partial charge in [0.1, 0.15) is 29.3 Å². The summed E-state index contributed by atoms with van der Waals surface area (Å²) in [5, 5.41) is 8.11. The minimum atomic E-state index is -0.792. The number of anilines is 1. The Balaban J connectivity index is 1.62. The molecule has 1 aliphatic rings. The Morgan fingerprint density at radius 1 is 1.03 bits per heavy atom. The Kier molecular flexibility index (Phi) is 4.87. The summed E-state index contributed by atoms with van der Waals surface area (Å²) >= 11 is 0. The van der Waals surface area contributed by atoms with Gasteiger partial charge in [0.2, 0.25) is 5.91 Å². The van der Waals surface area contributed by atoms with Gasteiger partial charge in [-0.25, -0.2) is 9.18 Å². The second-order valence-corrected chi connectivity index (χ2v) is 6.64. The Morgan fingerprint density at radius 3 is 2.48 bits per heavy atom. The molecule has 3 amide bonds. The van der Waals surface area contributed by atoms with Crippen LogP contribution in [0, 0.1) is 11.7 Å². The van der Waals surface area contributed by atoms with Crippen LogP contribution >= 0.6 is 0 Å². The normalized spacial score (nSPS) is 18.7. The van der Waals surface area contributed by atoms with Gasteiger partial charge in [0.25, 0.3) is 0 Å². The van der Waals surface area contributed by atoms with Crippen molar-refractivity contribution in [1.29, 1.82) is 0 Å². The van der Waals surface area contributed by atoms with Gasteiger partial charge < -0.3 is 20.4 Å². The number of carbonyl (C=O) groups is 2. The van der Waals surface area contributed by atoms with Crippen LogP contribution in [0.4, 0.5) is 14.9 Å². The maximum Gasteiger partial charge on any atom is 0.319 e. The van der Waals surface area contributed by atoms with E-state index in [9.17, 15) is 14.0 Å². The highest BCUT2D eigenvalue weighted by Gasteiger charge is 2.39. The van der Waals surface area contributed by atoms with E-state index in [1.165, 1.54) is 12.1 Å². The van der Waals surface area contributed by atoms with E-state index in [1.54, 1.807) is 36.4 Å². The Morgan fingerprint density at radius 2 is 1.76 bits per heavy atom. The van der Waals surface area contributed by atoms with Crippen molar-refractivity contribution in [2.45, 2.75) is 6.04 Å². The highest BCUT2D eigenvalue weighted by atomic mass is 19.1. The van der Waals surface area contributed by atoms with E-state index in [1.807, 2.05) is 18.2 Å². The van der Waals surface area contributed by atoms with Crippen LogP contribution in [0.15, 0.2) is 83.4 Å². The third-order valence-corrected chi connectivity index (χ3v) is 4.66. The first-order chi connectivity index (χ1) is 14.0. The third kappa shape index (κ3) is 3.89. The van der Waals surface area contributed by atoms with E-state index in [-0.39, 0.29) is 17.4 Å². The lowest BCUT2D eigenvalue weighted by molar-refractivity contribution is -0.120. The molecule has 29 heavy (non-hydrogen) atoms. The van der Waals surface area contributed by atoms with Gasteiger partial charge in [-0.15, -0.1) is 0 Å². The summed E-state index contributed by atoms with van der Waals surface area (Å²) in [6.45, 7) is 3.84. The fraction of sp³-hybridized carbons (Fsp3) is 0.0909. The molecule has 1 aliphatic heterocycles. The summed E-state index contributed by atoms with van der Waals surface area (Å²) in [7, 11) is 0. The molecule has 2 atom stereocenters. The van der Waals surface area contributed by atoms with Gasteiger partial charge in [0, 0.05) is 16.9 Å². The predicted molar refractivity (Wildman–Crippen MR) is 106 cm³/mol. The number of urea groups is 1. The second-order valence-electron chi connectivity index (χ2n) is 6.64. The first kappa shape index (κ1) is 18.5. The molecule has 1 saturated heterocycles. The quantitative estimate of drug-likeness (QED) is 0.623. The van der Waals surface area contributed by atoms with Gasteiger partial charge in [0.05, 0.1) is 0 Å². The Bertz CT molecular complexity index is 1060. The first-order valence-corrected chi connectivity index (χ1v) is 8.99. The van der Waals surface area contributed by atoms with Crippen LogP contribution in [0.3, 0.4) is 0 Å². The Hall–Kier alpha value is -3.87. The fourth-order valence-electron chi connectivity index (χ4n) is 3.26. The third-order valence-electron chi connectivity index (χ3n) is 4.66. The van der Waals surface area contributed by atoms with Crippen molar-refractivity contribution >= 4 is 17.6 Å². The fourth-order valence-corrected chi connectivity index (χ4v) is 3.26. The van der Waals surface area contributed by atoms with E-state index in [0.29, 0.717) is 22.8 Å². The molecular weight excluding hydrogens is 373 g/mol. The minimum absolute atomic E-state index is 0.270. The number of rotatable bonds is 4. The number of hydrogen-bond acceptors (Lipinski definition) is 3. The van der Waals surface area contributed by atoms with Gasteiger partial charge in [-0.3, -0.25) is 4.79 Å². The van der Waals surface area contributed by atoms with Crippen molar-refractivity contribution in [2.24, 2.45) is 5.92 Å². The molecule has 2 aromatic carbocycles. The van der Waals surface area contributed by atoms with Crippen LogP contribution in [0.2, 0.25) is 0 Å². The molecule has 1 aromatic heterocycles. The van der Waals surface area contributed by atoms with Crippen LogP contribution in [0.1, 0.15) is 11.8 Å². The molecule has 0 spiro atoms. The first-order valence-electron chi connectivity index (χ1n) is 8.99. The lowest BCUT2D eigenvalue weighted by atomic mass is 9.91. The SMILES string of the molecule is C=C1NC(=O)N[C@H](c2ccc(-c3ccc(F)cc3)o2)[C@H]1C(=O)Nc1ccccc1.